The third kappa shape index (κ3) is 5.97. The molecule has 0 spiro atoms. The maximum Gasteiger partial charge on any atom is 0.227 e. The molecule has 2 aromatic carbocycles. The van der Waals surface area contributed by atoms with E-state index < -0.39 is 6.10 Å². The zero-order chi connectivity index (χ0) is 24.1. The Hall–Kier alpha value is -2.87. The van der Waals surface area contributed by atoms with Crippen LogP contribution in [0.25, 0.3) is 5.69 Å². The van der Waals surface area contributed by atoms with Crippen molar-refractivity contribution in [2.75, 3.05) is 20.3 Å². The van der Waals surface area contributed by atoms with Gasteiger partial charge in [0.05, 0.1) is 42.9 Å². The zero-order valence-electron chi connectivity index (χ0n) is 20.5. The smallest absolute Gasteiger partial charge is 0.227 e. The normalized spacial score (nSPS) is 14.6. The predicted octanol–water partition coefficient (Wildman–Crippen LogP) is 4.73. The molecule has 0 bridgehead atoms. The van der Waals surface area contributed by atoms with E-state index in [1.165, 1.54) is 0 Å². The van der Waals surface area contributed by atoms with Crippen molar-refractivity contribution in [2.24, 2.45) is 0 Å². The van der Waals surface area contributed by atoms with Crippen molar-refractivity contribution in [2.45, 2.75) is 58.4 Å². The summed E-state index contributed by atoms with van der Waals surface area (Å²) >= 11 is 0. The number of aliphatic hydroxyl groups is 1. The molecular formula is C27H35N3O4. The standard InChI is InChI=1S/C27H35N3O4/c1-19(2)33-18-23(31)16-29(21-14-15-21)17-24-20(3)28-30(22-10-6-5-7-11-22)27(24)34-26-13-9-8-12-25(26)32-4/h5-13,19,21,23,31H,14-18H2,1-4H3/t23-/m0/s1. The van der Waals surface area contributed by atoms with Gasteiger partial charge in [-0.1, -0.05) is 30.3 Å². The van der Waals surface area contributed by atoms with Crippen LogP contribution in [0.4, 0.5) is 0 Å². The van der Waals surface area contributed by atoms with Gasteiger partial charge in [0.1, 0.15) is 0 Å². The molecule has 1 aromatic heterocycles. The number of hydrogen-bond donors (Lipinski definition) is 1. The molecule has 34 heavy (non-hydrogen) atoms. The highest BCUT2D eigenvalue weighted by Crippen LogP contribution is 2.37. The summed E-state index contributed by atoms with van der Waals surface area (Å²) in [5, 5.41) is 15.5. The van der Waals surface area contributed by atoms with Gasteiger partial charge >= 0.3 is 0 Å². The van der Waals surface area contributed by atoms with E-state index >= 15 is 0 Å². The predicted molar refractivity (Wildman–Crippen MR) is 132 cm³/mol. The van der Waals surface area contributed by atoms with Gasteiger partial charge in [0, 0.05) is 19.1 Å². The number of ether oxygens (including phenoxy) is 3. The Balaban J connectivity index is 1.66. The van der Waals surface area contributed by atoms with Gasteiger partial charge in [0.25, 0.3) is 0 Å². The van der Waals surface area contributed by atoms with Gasteiger partial charge in [0.15, 0.2) is 11.5 Å². The molecule has 0 saturated heterocycles. The van der Waals surface area contributed by atoms with Crippen molar-refractivity contribution in [3.05, 3.63) is 65.9 Å². The van der Waals surface area contributed by atoms with Crippen molar-refractivity contribution in [1.82, 2.24) is 14.7 Å². The topological polar surface area (TPSA) is 69.0 Å². The summed E-state index contributed by atoms with van der Waals surface area (Å²) in [6.45, 7) is 7.47. The van der Waals surface area contributed by atoms with Gasteiger partial charge in [-0.05, 0) is 57.9 Å². The van der Waals surface area contributed by atoms with Gasteiger partial charge in [-0.2, -0.15) is 5.10 Å². The summed E-state index contributed by atoms with van der Waals surface area (Å²) in [4.78, 5) is 2.32. The van der Waals surface area contributed by atoms with Gasteiger partial charge < -0.3 is 19.3 Å². The molecule has 1 heterocycles. The average molecular weight is 466 g/mol. The molecule has 1 atom stereocenters. The third-order valence-corrected chi connectivity index (χ3v) is 5.91. The van der Waals surface area contributed by atoms with Crippen LogP contribution < -0.4 is 9.47 Å². The van der Waals surface area contributed by atoms with E-state index in [1.807, 2.05) is 80.1 Å². The molecule has 0 radical (unpaired) electrons. The SMILES string of the molecule is COc1ccccc1Oc1c(CN(C[C@H](O)COC(C)C)C2CC2)c(C)nn1-c1ccccc1. The number of aromatic nitrogens is 2. The van der Waals surface area contributed by atoms with E-state index in [2.05, 4.69) is 4.90 Å². The Bertz CT molecular complexity index is 1060. The highest BCUT2D eigenvalue weighted by atomic mass is 16.5. The quantitative estimate of drug-likeness (QED) is 0.417. The summed E-state index contributed by atoms with van der Waals surface area (Å²) in [5.74, 6) is 1.95. The number of benzene rings is 2. The van der Waals surface area contributed by atoms with Crippen LogP contribution in [0.2, 0.25) is 0 Å². The minimum atomic E-state index is -0.550. The number of nitrogens with zero attached hydrogens (tertiary/aromatic N) is 3. The maximum atomic E-state index is 10.6. The fourth-order valence-corrected chi connectivity index (χ4v) is 3.99. The minimum Gasteiger partial charge on any atom is -0.493 e. The van der Waals surface area contributed by atoms with Gasteiger partial charge in [0.2, 0.25) is 5.88 Å². The van der Waals surface area contributed by atoms with Crippen LogP contribution in [0.5, 0.6) is 17.4 Å². The van der Waals surface area contributed by atoms with Gasteiger partial charge in [-0.25, -0.2) is 4.68 Å². The van der Waals surface area contributed by atoms with Crippen molar-refractivity contribution in [3.8, 4) is 23.1 Å². The Kier molecular flexibility index (Phi) is 7.88. The van der Waals surface area contributed by atoms with Crippen molar-refractivity contribution >= 4 is 0 Å². The van der Waals surface area contributed by atoms with E-state index in [1.54, 1.807) is 7.11 Å². The molecule has 7 heteroatoms. The van der Waals surface area contributed by atoms with E-state index in [4.69, 9.17) is 19.3 Å². The van der Waals surface area contributed by atoms with Crippen LogP contribution in [0.15, 0.2) is 54.6 Å². The summed E-state index contributed by atoms with van der Waals surface area (Å²) in [6.07, 6.45) is 1.81. The molecular weight excluding hydrogens is 430 g/mol. The molecule has 1 fully saturated rings. The van der Waals surface area contributed by atoms with E-state index in [9.17, 15) is 5.11 Å². The maximum absolute atomic E-state index is 10.6. The summed E-state index contributed by atoms with van der Waals surface area (Å²) < 4.78 is 19.5. The van der Waals surface area contributed by atoms with Crippen LogP contribution in [0.3, 0.4) is 0 Å². The first kappa shape index (κ1) is 24.3. The van der Waals surface area contributed by atoms with E-state index in [-0.39, 0.29) is 6.10 Å². The minimum absolute atomic E-state index is 0.0937. The number of rotatable bonds is 12. The van der Waals surface area contributed by atoms with Crippen LogP contribution in [-0.2, 0) is 11.3 Å². The molecule has 1 N–H and O–H groups in total. The molecule has 1 aliphatic rings. The lowest BCUT2D eigenvalue weighted by Gasteiger charge is -2.25. The van der Waals surface area contributed by atoms with E-state index in [0.717, 1.165) is 29.8 Å². The van der Waals surface area contributed by atoms with Crippen LogP contribution in [0.1, 0.15) is 37.9 Å². The van der Waals surface area contributed by atoms with Crippen molar-refractivity contribution < 1.29 is 19.3 Å². The number of aliphatic hydroxyl groups excluding tert-OH is 1. The second-order valence-corrected chi connectivity index (χ2v) is 9.07. The monoisotopic (exact) mass is 465 g/mol. The molecule has 182 valence electrons. The largest absolute Gasteiger partial charge is 0.493 e. The van der Waals surface area contributed by atoms with Crippen LogP contribution >= 0.6 is 0 Å². The summed E-state index contributed by atoms with van der Waals surface area (Å²) in [5.41, 5.74) is 2.82. The van der Waals surface area contributed by atoms with Crippen molar-refractivity contribution in [3.63, 3.8) is 0 Å². The summed E-state index contributed by atoms with van der Waals surface area (Å²) in [7, 11) is 1.64. The molecule has 1 aliphatic carbocycles. The molecule has 3 aromatic rings. The fraction of sp³-hybridized carbons (Fsp3) is 0.444. The van der Waals surface area contributed by atoms with Crippen molar-refractivity contribution in [1.29, 1.82) is 0 Å². The number of para-hydroxylation sites is 3. The highest BCUT2D eigenvalue weighted by Gasteiger charge is 2.33. The number of methoxy groups -OCH3 is 1. The summed E-state index contributed by atoms with van der Waals surface area (Å²) in [6, 6.07) is 18.0. The van der Waals surface area contributed by atoms with Crippen LogP contribution in [0, 0.1) is 6.92 Å². The molecule has 7 nitrogen and oxygen atoms in total. The molecule has 0 aliphatic heterocycles. The average Bonchev–Trinajstić information content (AvgIpc) is 3.64. The second kappa shape index (κ2) is 11.0. The van der Waals surface area contributed by atoms with Gasteiger partial charge in [-0.3, -0.25) is 4.90 Å². The molecule has 1 saturated carbocycles. The lowest BCUT2D eigenvalue weighted by Crippen LogP contribution is -2.36. The van der Waals surface area contributed by atoms with Gasteiger partial charge in [-0.15, -0.1) is 0 Å². The lowest BCUT2D eigenvalue weighted by molar-refractivity contribution is -0.0107. The van der Waals surface area contributed by atoms with E-state index in [0.29, 0.717) is 43.1 Å². The number of aryl methyl sites for hydroxylation is 1. The lowest BCUT2D eigenvalue weighted by atomic mass is 10.2. The Labute approximate surface area is 201 Å². The molecule has 0 amide bonds. The highest BCUT2D eigenvalue weighted by molar-refractivity contribution is 5.47. The Morgan fingerprint density at radius 2 is 1.74 bits per heavy atom. The van der Waals surface area contributed by atoms with Crippen LogP contribution in [-0.4, -0.2) is 58.3 Å². The Morgan fingerprint density at radius 1 is 1.06 bits per heavy atom. The number of hydrogen-bond acceptors (Lipinski definition) is 6. The fourth-order valence-electron chi connectivity index (χ4n) is 3.99. The second-order valence-electron chi connectivity index (χ2n) is 9.07. The zero-order valence-corrected chi connectivity index (χ0v) is 20.5. The first-order chi connectivity index (χ1) is 16.5. The first-order valence-electron chi connectivity index (χ1n) is 11.9. The third-order valence-electron chi connectivity index (χ3n) is 5.91. The molecule has 4 rings (SSSR count). The first-order valence-corrected chi connectivity index (χ1v) is 11.9. The Morgan fingerprint density at radius 3 is 2.38 bits per heavy atom. The molecule has 0 unspecified atom stereocenters.